The topological polar surface area (TPSA) is 58.6 Å². The van der Waals surface area contributed by atoms with E-state index in [-0.39, 0.29) is 17.5 Å². The van der Waals surface area contributed by atoms with Crippen LogP contribution < -0.4 is 5.32 Å². The van der Waals surface area contributed by atoms with Crippen molar-refractivity contribution < 1.29 is 27.8 Å². The molecular weight excluding hydrogens is 371 g/mol. The number of rotatable bonds is 2. The second-order valence-corrected chi connectivity index (χ2v) is 7.40. The zero-order chi connectivity index (χ0) is 20.1. The molecule has 2 aromatic rings. The highest BCUT2D eigenvalue weighted by molar-refractivity contribution is 5.88. The molecule has 2 heterocycles. The van der Waals surface area contributed by atoms with Gasteiger partial charge in [0.25, 0.3) is 0 Å². The maximum absolute atomic E-state index is 13.2. The van der Waals surface area contributed by atoms with Crippen LogP contribution in [0, 0.1) is 12.8 Å². The lowest BCUT2D eigenvalue weighted by Crippen LogP contribution is -2.36. The van der Waals surface area contributed by atoms with Gasteiger partial charge in [-0.05, 0) is 61.2 Å². The zero-order valence-electron chi connectivity index (χ0n) is 15.2. The Morgan fingerprint density at radius 2 is 1.96 bits per heavy atom. The van der Waals surface area contributed by atoms with Gasteiger partial charge < -0.3 is 15.2 Å². The van der Waals surface area contributed by atoms with Crippen molar-refractivity contribution in [2.45, 2.75) is 38.1 Å². The van der Waals surface area contributed by atoms with Gasteiger partial charge in [0.15, 0.2) is 0 Å². The molecule has 0 saturated carbocycles. The average Bonchev–Trinajstić information content (AvgIpc) is 2.66. The maximum Gasteiger partial charge on any atom is 0.416 e. The lowest BCUT2D eigenvalue weighted by molar-refractivity contribution is -0.137. The summed E-state index contributed by atoms with van der Waals surface area (Å²) < 4.78 is 45.4. The highest BCUT2D eigenvalue weighted by Crippen LogP contribution is 2.50. The molecule has 1 saturated heterocycles. The lowest BCUT2D eigenvalue weighted by atomic mass is 9.76. The van der Waals surface area contributed by atoms with Crippen LogP contribution in [0.25, 0.3) is 0 Å². The van der Waals surface area contributed by atoms with Crippen molar-refractivity contribution in [2.24, 2.45) is 5.92 Å². The number of hydrogen-bond acceptors (Lipinski definition) is 3. The Morgan fingerprint density at radius 3 is 2.64 bits per heavy atom. The van der Waals surface area contributed by atoms with Crippen LogP contribution in [0.2, 0.25) is 0 Å². The highest BCUT2D eigenvalue weighted by atomic mass is 19.4. The Kier molecular flexibility index (Phi) is 4.57. The Bertz CT molecular complexity index is 926. The van der Waals surface area contributed by atoms with E-state index in [0.717, 1.165) is 30.0 Å². The first-order valence-electron chi connectivity index (χ1n) is 9.19. The van der Waals surface area contributed by atoms with Gasteiger partial charge in [-0.25, -0.2) is 4.79 Å². The Labute approximate surface area is 160 Å². The molecular formula is C21H20F3NO3. The predicted octanol–water partition coefficient (Wildman–Crippen LogP) is 5.35. The third-order valence-electron chi connectivity index (χ3n) is 5.64. The molecule has 0 bridgehead atoms. The summed E-state index contributed by atoms with van der Waals surface area (Å²) in [5, 5.41) is 12.6. The van der Waals surface area contributed by atoms with Gasteiger partial charge in [0.05, 0.1) is 23.3 Å². The molecule has 2 aliphatic rings. The summed E-state index contributed by atoms with van der Waals surface area (Å²) in [6.45, 7) is 2.37. The fourth-order valence-electron chi connectivity index (χ4n) is 4.31. The number of anilines is 1. The first kappa shape index (κ1) is 18.8. The van der Waals surface area contributed by atoms with Crippen molar-refractivity contribution in [1.29, 1.82) is 0 Å². The number of hydrogen-bond donors (Lipinski definition) is 2. The van der Waals surface area contributed by atoms with Crippen LogP contribution in [0.1, 0.15) is 57.6 Å². The molecule has 0 amide bonds. The van der Waals surface area contributed by atoms with Crippen molar-refractivity contribution in [3.05, 3.63) is 64.2 Å². The number of nitrogens with one attached hydrogen (secondary N) is 1. The average molecular weight is 391 g/mol. The van der Waals surface area contributed by atoms with E-state index in [4.69, 9.17) is 4.74 Å². The van der Waals surface area contributed by atoms with E-state index in [1.807, 2.05) is 6.92 Å². The molecule has 4 nitrogen and oxygen atoms in total. The molecule has 0 aliphatic carbocycles. The fourth-order valence-corrected chi connectivity index (χ4v) is 4.31. The van der Waals surface area contributed by atoms with Crippen molar-refractivity contribution in [2.75, 3.05) is 11.9 Å². The van der Waals surface area contributed by atoms with Gasteiger partial charge in [0.1, 0.15) is 0 Å². The number of halogens is 3. The summed E-state index contributed by atoms with van der Waals surface area (Å²) in [6.07, 6.45) is -3.17. The van der Waals surface area contributed by atoms with Crippen molar-refractivity contribution in [3.63, 3.8) is 0 Å². The first-order valence-corrected chi connectivity index (χ1v) is 9.19. The summed E-state index contributed by atoms with van der Waals surface area (Å²) >= 11 is 0. The Morgan fingerprint density at radius 1 is 1.18 bits per heavy atom. The van der Waals surface area contributed by atoms with Crippen LogP contribution in [-0.4, -0.2) is 17.7 Å². The molecule has 2 N–H and O–H groups in total. The summed E-state index contributed by atoms with van der Waals surface area (Å²) in [5.41, 5.74) is 2.47. The number of ether oxygens (including phenoxy) is 1. The number of alkyl halides is 3. The molecule has 0 aromatic heterocycles. The number of fused-ring (bicyclic) bond motifs is 3. The van der Waals surface area contributed by atoms with Gasteiger partial charge in [-0.1, -0.05) is 6.07 Å². The second kappa shape index (κ2) is 6.81. The van der Waals surface area contributed by atoms with Crippen LogP contribution in [0.5, 0.6) is 0 Å². The van der Waals surface area contributed by atoms with E-state index in [9.17, 15) is 23.1 Å². The van der Waals surface area contributed by atoms with E-state index in [0.29, 0.717) is 17.9 Å². The zero-order valence-corrected chi connectivity index (χ0v) is 15.2. The molecule has 2 aromatic carbocycles. The largest absolute Gasteiger partial charge is 0.478 e. The number of benzene rings is 2. The standard InChI is InChI=1S/C21H20F3NO3/c1-11-9-12(20(26)27)4-6-14(11)18-15-3-2-8-28-19(15)16-10-13(21(22,23)24)5-7-17(16)25-18/h4-7,9-10,15,18-19,25H,2-3,8H2,1H3,(H,26,27)/t15-,18+,19-/m1/s1. The monoisotopic (exact) mass is 391 g/mol. The van der Waals surface area contributed by atoms with Gasteiger partial charge in [0, 0.05) is 23.8 Å². The molecule has 7 heteroatoms. The minimum atomic E-state index is -4.40. The van der Waals surface area contributed by atoms with Crippen LogP contribution in [0.3, 0.4) is 0 Å². The number of carbonyl (C=O) groups is 1. The van der Waals surface area contributed by atoms with Gasteiger partial charge in [0.2, 0.25) is 0 Å². The molecule has 4 rings (SSSR count). The van der Waals surface area contributed by atoms with E-state index in [2.05, 4.69) is 5.32 Å². The minimum Gasteiger partial charge on any atom is -0.478 e. The van der Waals surface area contributed by atoms with E-state index >= 15 is 0 Å². The van der Waals surface area contributed by atoms with E-state index in [1.165, 1.54) is 12.1 Å². The molecule has 28 heavy (non-hydrogen) atoms. The minimum absolute atomic E-state index is 0.0286. The first-order chi connectivity index (χ1) is 13.3. The number of carboxylic acid groups (broad SMARTS) is 1. The molecule has 0 spiro atoms. The summed E-state index contributed by atoms with van der Waals surface area (Å²) in [4.78, 5) is 11.2. The summed E-state index contributed by atoms with van der Waals surface area (Å²) in [5.74, 6) is -1.02. The Hall–Kier alpha value is -2.54. The number of aromatic carboxylic acids is 1. The third-order valence-corrected chi connectivity index (χ3v) is 5.64. The number of carboxylic acids is 1. The smallest absolute Gasteiger partial charge is 0.416 e. The van der Waals surface area contributed by atoms with Crippen LogP contribution in [0.15, 0.2) is 36.4 Å². The van der Waals surface area contributed by atoms with Gasteiger partial charge in [-0.15, -0.1) is 0 Å². The fraction of sp³-hybridized carbons (Fsp3) is 0.381. The summed E-state index contributed by atoms with van der Waals surface area (Å²) in [6, 6.07) is 8.54. The van der Waals surface area contributed by atoms with Gasteiger partial charge in [-0.2, -0.15) is 13.2 Å². The predicted molar refractivity (Wildman–Crippen MR) is 97.4 cm³/mol. The third kappa shape index (κ3) is 3.24. The highest BCUT2D eigenvalue weighted by Gasteiger charge is 2.42. The van der Waals surface area contributed by atoms with Crippen molar-refractivity contribution in [3.8, 4) is 0 Å². The lowest BCUT2D eigenvalue weighted by Gasteiger charge is -2.44. The second-order valence-electron chi connectivity index (χ2n) is 7.40. The SMILES string of the molecule is Cc1cc(C(=O)O)ccc1[C@@H]1Nc2ccc(C(F)(F)F)cc2[C@@H]2OCCC[C@H]12. The van der Waals surface area contributed by atoms with Crippen molar-refractivity contribution >= 4 is 11.7 Å². The molecule has 0 unspecified atom stereocenters. The molecule has 148 valence electrons. The molecule has 1 fully saturated rings. The quantitative estimate of drug-likeness (QED) is 0.725. The van der Waals surface area contributed by atoms with Gasteiger partial charge >= 0.3 is 12.1 Å². The van der Waals surface area contributed by atoms with Gasteiger partial charge in [-0.3, -0.25) is 0 Å². The molecule has 2 aliphatic heterocycles. The maximum atomic E-state index is 13.2. The van der Waals surface area contributed by atoms with Crippen LogP contribution >= 0.6 is 0 Å². The molecule has 0 radical (unpaired) electrons. The van der Waals surface area contributed by atoms with Crippen LogP contribution in [0.4, 0.5) is 18.9 Å². The molecule has 3 atom stereocenters. The van der Waals surface area contributed by atoms with Crippen LogP contribution in [-0.2, 0) is 10.9 Å². The Balaban J connectivity index is 1.77. The van der Waals surface area contributed by atoms with E-state index in [1.54, 1.807) is 18.2 Å². The summed E-state index contributed by atoms with van der Waals surface area (Å²) in [7, 11) is 0. The normalized spacial score (nSPS) is 24.1. The number of aryl methyl sites for hydroxylation is 1. The van der Waals surface area contributed by atoms with Crippen molar-refractivity contribution in [1.82, 2.24) is 0 Å². The van der Waals surface area contributed by atoms with E-state index < -0.39 is 23.8 Å².